The molecular formula is C51H38CuN4O5. The van der Waals surface area contributed by atoms with Gasteiger partial charge in [-0.3, -0.25) is 4.79 Å². The maximum Gasteiger partial charge on any atom is 2.00 e. The summed E-state index contributed by atoms with van der Waals surface area (Å²) in [6.07, 6.45) is 12.1. The summed E-state index contributed by atoms with van der Waals surface area (Å²) >= 11 is 0. The van der Waals surface area contributed by atoms with Crippen molar-refractivity contribution in [1.29, 1.82) is 0 Å². The zero-order valence-electron chi connectivity index (χ0n) is 33.6. The molecule has 0 unspecified atom stereocenters. The Morgan fingerprint density at radius 3 is 1.15 bits per heavy atom. The minimum Gasteiger partial charge on any atom is -0.657 e. The number of aromatic nitrogens is 4. The number of aldehydes is 1. The number of hydrogen-bond acceptors (Lipinski definition) is 7. The first-order valence-corrected chi connectivity index (χ1v) is 19.3. The van der Waals surface area contributed by atoms with E-state index < -0.39 is 0 Å². The second-order valence-corrected chi connectivity index (χ2v) is 14.0. The number of methoxy groups -OCH3 is 4. The van der Waals surface area contributed by atoms with Crippen LogP contribution in [-0.2, 0) is 21.9 Å². The molecule has 303 valence electrons. The second kappa shape index (κ2) is 17.5. The fourth-order valence-electron chi connectivity index (χ4n) is 7.67. The smallest absolute Gasteiger partial charge is 0.657 e. The van der Waals surface area contributed by atoms with Gasteiger partial charge < -0.3 is 28.9 Å². The van der Waals surface area contributed by atoms with Crippen LogP contribution in [-0.4, -0.2) is 44.7 Å². The quantitative estimate of drug-likeness (QED) is 0.0755. The second-order valence-electron chi connectivity index (χ2n) is 14.0. The molecule has 0 atom stereocenters. The molecule has 1 radical (unpaired) electrons. The van der Waals surface area contributed by atoms with Gasteiger partial charge in [0.2, 0.25) is 0 Å². The first-order valence-electron chi connectivity index (χ1n) is 19.3. The van der Waals surface area contributed by atoms with Crippen LogP contribution in [0.2, 0.25) is 0 Å². The predicted molar refractivity (Wildman–Crippen MR) is 240 cm³/mol. The van der Waals surface area contributed by atoms with Crippen molar-refractivity contribution >= 4 is 58.7 Å². The molecule has 8 bridgehead atoms. The standard InChI is InChI=1S/C51H39N4O5.Cu/c1-57-36-15-7-31(8-16-36)47-40-23-24-41(52-40)48(32-9-17-37(58-2)18-10-32)43-27-28-45(54-43)50(34-13-21-39(60-4)22-14-34)51-35(6-5-29-56)30-46(55-51)49(44-26-25-42(47)53-44)33-11-19-38(59-3)20-12-33;/h5-30H,1-4H3,(H-,52,53,54,55,56);/q-1;+2/p-1. The molecule has 0 saturated heterocycles. The molecule has 10 heteroatoms. The molecule has 3 aromatic heterocycles. The SMILES string of the molecule is COc1ccc(-c2c3nc(c(-c4ccc(OC)cc4)c4cc(/C=C/C=O)c([n-]4)c(-c4ccc(OC)cc4)c4nc(c(-c5ccc(OC)cc5)c5ccc2[n-]5)C=C4)C=C3)cc1.[Cu+2]. The Kier molecular flexibility index (Phi) is 11.6. The van der Waals surface area contributed by atoms with Crippen LogP contribution in [0.15, 0.2) is 121 Å². The van der Waals surface area contributed by atoms with Crippen LogP contribution in [0.4, 0.5) is 0 Å². The number of benzene rings is 4. The minimum absolute atomic E-state index is 0. The van der Waals surface area contributed by atoms with Crippen molar-refractivity contribution in [2.24, 2.45) is 0 Å². The van der Waals surface area contributed by atoms with Crippen molar-refractivity contribution in [3.05, 3.63) is 150 Å². The maximum absolute atomic E-state index is 11.9. The molecule has 61 heavy (non-hydrogen) atoms. The van der Waals surface area contributed by atoms with Gasteiger partial charge in [0.25, 0.3) is 0 Å². The molecule has 9 rings (SSSR count). The summed E-state index contributed by atoms with van der Waals surface area (Å²) in [6, 6.07) is 37.6. The van der Waals surface area contributed by atoms with Crippen LogP contribution in [0.25, 0.3) is 97.0 Å². The van der Waals surface area contributed by atoms with Gasteiger partial charge in [0, 0.05) is 0 Å². The summed E-state index contributed by atoms with van der Waals surface area (Å²) in [6.45, 7) is 0. The molecule has 0 aliphatic carbocycles. The van der Waals surface area contributed by atoms with Crippen LogP contribution in [0.1, 0.15) is 28.3 Å². The van der Waals surface area contributed by atoms with E-state index in [1.54, 1.807) is 34.5 Å². The number of ether oxygens (including phenoxy) is 4. The van der Waals surface area contributed by atoms with Crippen molar-refractivity contribution in [1.82, 2.24) is 19.9 Å². The van der Waals surface area contributed by atoms with E-state index >= 15 is 0 Å². The molecule has 7 aromatic rings. The van der Waals surface area contributed by atoms with E-state index in [0.717, 1.165) is 96.0 Å². The predicted octanol–water partition coefficient (Wildman–Crippen LogP) is 10.8. The van der Waals surface area contributed by atoms with Crippen molar-refractivity contribution in [2.75, 3.05) is 28.4 Å². The Hall–Kier alpha value is -7.39. The molecule has 0 amide bonds. The summed E-state index contributed by atoms with van der Waals surface area (Å²) in [7, 11) is 6.60. The number of carbonyl (C=O) groups excluding carboxylic acids is 1. The zero-order chi connectivity index (χ0) is 41.2. The van der Waals surface area contributed by atoms with Gasteiger partial charge in [-0.15, -0.1) is 22.1 Å². The zero-order valence-corrected chi connectivity index (χ0v) is 34.6. The first-order chi connectivity index (χ1) is 29.5. The summed E-state index contributed by atoms with van der Waals surface area (Å²) in [5.74, 6) is 2.92. The molecule has 9 nitrogen and oxygen atoms in total. The molecule has 4 aromatic carbocycles. The monoisotopic (exact) mass is 849 g/mol. The van der Waals surface area contributed by atoms with Gasteiger partial charge in [-0.2, -0.15) is 0 Å². The number of fused-ring (bicyclic) bond motifs is 8. The molecular weight excluding hydrogens is 812 g/mol. The third-order valence-corrected chi connectivity index (χ3v) is 10.6. The number of hydrogen-bond donors (Lipinski definition) is 0. The van der Waals surface area contributed by atoms with Crippen molar-refractivity contribution in [3.63, 3.8) is 0 Å². The van der Waals surface area contributed by atoms with Gasteiger partial charge in [0.15, 0.2) is 0 Å². The van der Waals surface area contributed by atoms with E-state index in [0.29, 0.717) is 28.2 Å². The molecule has 0 saturated carbocycles. The average molecular weight is 850 g/mol. The molecule has 0 N–H and O–H groups in total. The summed E-state index contributed by atoms with van der Waals surface area (Å²) in [5.41, 5.74) is 13.2. The van der Waals surface area contributed by atoms with Gasteiger partial charge in [-0.1, -0.05) is 72.8 Å². The average Bonchev–Trinajstić information content (AvgIpc) is 4.14. The van der Waals surface area contributed by atoms with Gasteiger partial charge in [-0.05, 0) is 129 Å². The fraction of sp³-hybridized carbons (Fsp3) is 0.0784. The van der Waals surface area contributed by atoms with Gasteiger partial charge in [0.05, 0.1) is 51.2 Å². The van der Waals surface area contributed by atoms with E-state index in [4.69, 9.17) is 38.9 Å². The van der Waals surface area contributed by atoms with Crippen LogP contribution in [0, 0.1) is 0 Å². The van der Waals surface area contributed by atoms with Gasteiger partial charge >= 0.3 is 17.1 Å². The minimum atomic E-state index is 0. The number of allylic oxidation sites excluding steroid dienone is 1. The Bertz CT molecular complexity index is 3020. The van der Waals surface area contributed by atoms with Crippen molar-refractivity contribution < 1.29 is 40.8 Å². The Labute approximate surface area is 363 Å². The van der Waals surface area contributed by atoms with Crippen LogP contribution < -0.4 is 28.9 Å². The summed E-state index contributed by atoms with van der Waals surface area (Å²) in [5, 5.41) is 0. The number of nitrogens with zero attached hydrogens (tertiary/aromatic N) is 4. The van der Waals surface area contributed by atoms with Crippen molar-refractivity contribution in [3.8, 4) is 67.5 Å². The maximum atomic E-state index is 11.9. The Morgan fingerprint density at radius 1 is 0.443 bits per heavy atom. The first kappa shape index (κ1) is 40.4. The van der Waals surface area contributed by atoms with Gasteiger partial charge in [0.1, 0.15) is 29.3 Å². The van der Waals surface area contributed by atoms with E-state index in [2.05, 4.69) is 0 Å². The van der Waals surface area contributed by atoms with Crippen LogP contribution >= 0.6 is 0 Å². The molecule has 0 spiro atoms. The van der Waals surface area contributed by atoms with E-state index in [1.165, 1.54) is 6.08 Å². The Morgan fingerprint density at radius 2 is 0.787 bits per heavy atom. The topological polar surface area (TPSA) is 108 Å². The van der Waals surface area contributed by atoms with E-state index in [9.17, 15) is 4.79 Å². The summed E-state index contributed by atoms with van der Waals surface area (Å²) in [4.78, 5) is 33.4. The molecule has 5 heterocycles. The van der Waals surface area contributed by atoms with Gasteiger partial charge in [-0.25, -0.2) is 9.97 Å². The van der Waals surface area contributed by atoms with E-state index in [1.807, 2.05) is 140 Å². The van der Waals surface area contributed by atoms with Crippen LogP contribution in [0.3, 0.4) is 0 Å². The Balaban J connectivity index is 0.00000514. The third kappa shape index (κ3) is 7.78. The number of carbonyl (C=O) groups is 1. The third-order valence-electron chi connectivity index (χ3n) is 10.6. The largest absolute Gasteiger partial charge is 2.00 e. The van der Waals surface area contributed by atoms with Crippen molar-refractivity contribution in [2.45, 2.75) is 0 Å². The summed E-state index contributed by atoms with van der Waals surface area (Å²) < 4.78 is 22.1. The normalized spacial score (nSPS) is 11.7. The van der Waals surface area contributed by atoms with Crippen LogP contribution in [0.5, 0.6) is 23.0 Å². The fourth-order valence-corrected chi connectivity index (χ4v) is 7.67. The molecule has 2 aliphatic heterocycles. The number of rotatable bonds is 10. The molecule has 0 fully saturated rings. The van der Waals surface area contributed by atoms with E-state index in [-0.39, 0.29) is 17.1 Å². The molecule has 2 aliphatic rings.